The van der Waals surface area contributed by atoms with Crippen LogP contribution in [0.4, 0.5) is 0 Å². The number of hydrogen-bond donors (Lipinski definition) is 1. The number of aromatic nitrogens is 4. The third-order valence-corrected chi connectivity index (χ3v) is 6.35. The van der Waals surface area contributed by atoms with Crippen molar-refractivity contribution in [3.8, 4) is 0 Å². The summed E-state index contributed by atoms with van der Waals surface area (Å²) in [4.78, 5) is 16.8. The number of carbonyl (C=O) groups excluding carboxylic acids is 1. The van der Waals surface area contributed by atoms with Gasteiger partial charge < -0.3 is 5.32 Å². The lowest BCUT2D eigenvalue weighted by atomic mass is 9.96. The Kier molecular flexibility index (Phi) is 6.63. The van der Waals surface area contributed by atoms with E-state index in [-0.39, 0.29) is 5.91 Å². The van der Waals surface area contributed by atoms with E-state index in [9.17, 15) is 4.79 Å². The minimum atomic E-state index is -0.439. The van der Waals surface area contributed by atoms with Crippen molar-refractivity contribution in [1.29, 1.82) is 0 Å². The predicted molar refractivity (Wildman–Crippen MR) is 112 cm³/mol. The van der Waals surface area contributed by atoms with Gasteiger partial charge in [-0.15, -0.1) is 16.4 Å². The highest BCUT2D eigenvalue weighted by molar-refractivity contribution is 7.09. The lowest BCUT2D eigenvalue weighted by molar-refractivity contribution is -0.124. The molecule has 3 aromatic rings. The zero-order valence-corrected chi connectivity index (χ0v) is 17.2. The molecule has 1 N–H and O–H groups in total. The number of likely N-dealkylation sites (tertiary alicyclic amines) is 1. The highest BCUT2D eigenvalue weighted by Gasteiger charge is 2.25. The molecule has 1 fully saturated rings. The summed E-state index contributed by atoms with van der Waals surface area (Å²) in [6.45, 7) is 3.91. The summed E-state index contributed by atoms with van der Waals surface area (Å²) in [6, 6.07) is 13.8. The summed E-state index contributed by atoms with van der Waals surface area (Å²) in [7, 11) is 0. The number of rotatable bonds is 8. The molecule has 0 radical (unpaired) electrons. The van der Waals surface area contributed by atoms with Crippen LogP contribution in [0.15, 0.2) is 54.2 Å². The number of nitrogens with one attached hydrogen (secondary N) is 1. The number of benzene rings is 1. The van der Waals surface area contributed by atoms with E-state index < -0.39 is 6.04 Å². The fraction of sp³-hybridized carbons (Fsp3) is 0.429. The maximum atomic E-state index is 12.9. The van der Waals surface area contributed by atoms with Crippen molar-refractivity contribution in [3.05, 3.63) is 64.6 Å². The normalized spacial score (nSPS) is 16.6. The quantitative estimate of drug-likeness (QED) is 0.618. The van der Waals surface area contributed by atoms with Gasteiger partial charge in [-0.25, -0.2) is 4.68 Å². The first kappa shape index (κ1) is 19.7. The average Bonchev–Trinajstić information content (AvgIpc) is 3.46. The average molecular weight is 411 g/mol. The second-order valence-corrected chi connectivity index (χ2v) is 8.57. The number of hydrogen-bond acceptors (Lipinski definition) is 6. The summed E-state index contributed by atoms with van der Waals surface area (Å²) in [6.07, 6.45) is 4.30. The zero-order chi connectivity index (χ0) is 19.9. The van der Waals surface area contributed by atoms with Crippen molar-refractivity contribution in [2.45, 2.75) is 31.8 Å². The number of nitrogens with zero attached hydrogens (tertiary/aromatic N) is 5. The van der Waals surface area contributed by atoms with Crippen molar-refractivity contribution in [1.82, 2.24) is 30.4 Å². The molecular weight excluding hydrogens is 384 g/mol. The van der Waals surface area contributed by atoms with E-state index in [1.165, 1.54) is 11.2 Å². The largest absolute Gasteiger partial charge is 0.354 e. The number of amides is 1. The monoisotopic (exact) mass is 410 g/mol. The second kappa shape index (κ2) is 9.76. The van der Waals surface area contributed by atoms with Gasteiger partial charge in [0.15, 0.2) is 0 Å². The molecule has 1 amide bonds. The van der Waals surface area contributed by atoms with Crippen LogP contribution in [0.2, 0.25) is 0 Å². The van der Waals surface area contributed by atoms with Gasteiger partial charge in [-0.3, -0.25) is 9.69 Å². The van der Waals surface area contributed by atoms with Crippen molar-refractivity contribution in [3.63, 3.8) is 0 Å². The molecular formula is C21H26N6OS. The maximum Gasteiger partial charge on any atom is 0.245 e. The molecule has 1 atom stereocenters. The Morgan fingerprint density at radius 3 is 2.69 bits per heavy atom. The van der Waals surface area contributed by atoms with Crippen LogP contribution in [0, 0.1) is 5.92 Å². The standard InChI is InChI=1S/C21H26N6OS/c28-21(20(27-16-23-24-25-27)13-17-5-2-1-3-6-17)22-14-18-8-10-26(11-9-18)15-19-7-4-12-29-19/h1-7,12,16,18,20H,8-11,13-15H2,(H,22,28). The van der Waals surface area contributed by atoms with E-state index >= 15 is 0 Å². The van der Waals surface area contributed by atoms with Crippen LogP contribution in [0.3, 0.4) is 0 Å². The Morgan fingerprint density at radius 1 is 1.17 bits per heavy atom. The van der Waals surface area contributed by atoms with E-state index in [1.807, 2.05) is 41.7 Å². The molecule has 3 heterocycles. The molecule has 1 aliphatic rings. The predicted octanol–water partition coefficient (Wildman–Crippen LogP) is 2.55. The Balaban J connectivity index is 1.28. The van der Waals surface area contributed by atoms with Crippen LogP contribution < -0.4 is 5.32 Å². The SMILES string of the molecule is O=C(NCC1CCN(Cc2cccs2)CC1)C(Cc1ccccc1)n1cnnn1. The maximum absolute atomic E-state index is 12.9. The van der Waals surface area contributed by atoms with Gasteiger partial charge in [-0.05, 0) is 59.3 Å². The first-order valence-electron chi connectivity index (χ1n) is 10.1. The lowest BCUT2D eigenvalue weighted by Crippen LogP contribution is -2.41. The molecule has 0 bridgehead atoms. The molecule has 1 aromatic carbocycles. The van der Waals surface area contributed by atoms with Crippen LogP contribution in [0.25, 0.3) is 0 Å². The number of carbonyl (C=O) groups is 1. The third kappa shape index (κ3) is 5.48. The topological polar surface area (TPSA) is 75.9 Å². The van der Waals surface area contributed by atoms with Gasteiger partial charge in [0.05, 0.1) is 0 Å². The van der Waals surface area contributed by atoms with Gasteiger partial charge in [0.1, 0.15) is 12.4 Å². The van der Waals surface area contributed by atoms with E-state index in [1.54, 1.807) is 4.68 Å². The summed E-state index contributed by atoms with van der Waals surface area (Å²) < 4.78 is 1.55. The third-order valence-electron chi connectivity index (χ3n) is 5.49. The Labute approximate surface area is 174 Å². The number of thiophene rings is 1. The Hall–Kier alpha value is -2.58. The van der Waals surface area contributed by atoms with Crippen LogP contribution >= 0.6 is 11.3 Å². The molecule has 29 heavy (non-hydrogen) atoms. The molecule has 7 nitrogen and oxygen atoms in total. The van der Waals surface area contributed by atoms with E-state index in [0.29, 0.717) is 18.9 Å². The van der Waals surface area contributed by atoms with Gasteiger partial charge >= 0.3 is 0 Å². The molecule has 2 aromatic heterocycles. The molecule has 1 saturated heterocycles. The fourth-order valence-electron chi connectivity index (χ4n) is 3.79. The summed E-state index contributed by atoms with van der Waals surface area (Å²) in [5, 5.41) is 16.7. The van der Waals surface area contributed by atoms with E-state index in [0.717, 1.165) is 38.0 Å². The van der Waals surface area contributed by atoms with Crippen molar-refractivity contribution >= 4 is 17.2 Å². The van der Waals surface area contributed by atoms with Crippen molar-refractivity contribution in [2.24, 2.45) is 5.92 Å². The van der Waals surface area contributed by atoms with Crippen LogP contribution in [0.1, 0.15) is 29.3 Å². The van der Waals surface area contributed by atoms with Crippen molar-refractivity contribution < 1.29 is 4.79 Å². The smallest absolute Gasteiger partial charge is 0.245 e. The van der Waals surface area contributed by atoms with E-state index in [2.05, 4.69) is 43.3 Å². The molecule has 4 rings (SSSR count). The minimum absolute atomic E-state index is 0.0258. The fourth-order valence-corrected chi connectivity index (χ4v) is 4.54. The first-order valence-corrected chi connectivity index (χ1v) is 10.9. The number of piperidine rings is 1. The molecule has 0 saturated carbocycles. The molecule has 1 aliphatic heterocycles. The zero-order valence-electron chi connectivity index (χ0n) is 16.4. The molecule has 1 unspecified atom stereocenters. The number of tetrazole rings is 1. The summed E-state index contributed by atoms with van der Waals surface area (Å²) in [5.41, 5.74) is 1.09. The minimum Gasteiger partial charge on any atom is -0.354 e. The Bertz CT molecular complexity index is 860. The highest BCUT2D eigenvalue weighted by atomic mass is 32.1. The van der Waals surface area contributed by atoms with Gasteiger partial charge in [0.2, 0.25) is 5.91 Å². The molecule has 8 heteroatoms. The van der Waals surface area contributed by atoms with Gasteiger partial charge in [0, 0.05) is 24.4 Å². The Morgan fingerprint density at radius 2 is 2.00 bits per heavy atom. The summed E-state index contributed by atoms with van der Waals surface area (Å²) >= 11 is 1.82. The van der Waals surface area contributed by atoms with Gasteiger partial charge in [-0.2, -0.15) is 0 Å². The van der Waals surface area contributed by atoms with Crippen LogP contribution in [-0.4, -0.2) is 50.6 Å². The second-order valence-electron chi connectivity index (χ2n) is 7.54. The van der Waals surface area contributed by atoms with Gasteiger partial charge in [-0.1, -0.05) is 36.4 Å². The van der Waals surface area contributed by atoms with E-state index in [4.69, 9.17) is 0 Å². The van der Waals surface area contributed by atoms with Gasteiger partial charge in [0.25, 0.3) is 0 Å². The van der Waals surface area contributed by atoms with Crippen LogP contribution in [-0.2, 0) is 17.8 Å². The summed E-state index contributed by atoms with van der Waals surface area (Å²) in [5.74, 6) is 0.493. The van der Waals surface area contributed by atoms with Crippen molar-refractivity contribution in [2.75, 3.05) is 19.6 Å². The lowest BCUT2D eigenvalue weighted by Gasteiger charge is -2.32. The highest BCUT2D eigenvalue weighted by Crippen LogP contribution is 2.21. The molecule has 0 aliphatic carbocycles. The first-order chi connectivity index (χ1) is 14.3. The molecule has 152 valence electrons. The molecule has 0 spiro atoms. The van der Waals surface area contributed by atoms with Crippen LogP contribution in [0.5, 0.6) is 0 Å².